The van der Waals surface area contributed by atoms with Crippen molar-refractivity contribution in [3.05, 3.63) is 82.3 Å². The first kappa shape index (κ1) is 29.5. The van der Waals surface area contributed by atoms with Gasteiger partial charge in [-0.2, -0.15) is 26.3 Å². The van der Waals surface area contributed by atoms with Crippen LogP contribution in [0, 0.1) is 23.1 Å². The standard InChI is InChI=1S/C27H24ClF7O3/c1-15(2)9-21(24(36)37-3)25(27(33,34)35)14-17(16-7-5-4-6-8-16)10-22(23(25)28)38-20-12-18(26(30,31)32)11-19(29)13-20/h4-8,10-13,15,21H,9,14H2,1-3H3. The molecule has 2 atom stereocenters. The van der Waals surface area contributed by atoms with E-state index in [0.29, 0.717) is 17.7 Å². The summed E-state index contributed by atoms with van der Waals surface area (Å²) in [6.45, 7) is 3.24. The first-order valence-electron chi connectivity index (χ1n) is 11.5. The van der Waals surface area contributed by atoms with Crippen LogP contribution in [0.1, 0.15) is 37.8 Å². The van der Waals surface area contributed by atoms with Crippen molar-refractivity contribution in [1.82, 2.24) is 0 Å². The summed E-state index contributed by atoms with van der Waals surface area (Å²) in [6.07, 6.45) is -9.95. The normalized spacial score (nSPS) is 19.3. The number of alkyl halides is 6. The fraction of sp³-hybridized carbons (Fsp3) is 0.370. The lowest BCUT2D eigenvalue weighted by Crippen LogP contribution is -2.50. The van der Waals surface area contributed by atoms with Gasteiger partial charge in [0.15, 0.2) is 0 Å². The lowest BCUT2D eigenvalue weighted by molar-refractivity contribution is -0.230. The van der Waals surface area contributed by atoms with Crippen molar-refractivity contribution in [3.63, 3.8) is 0 Å². The molecule has 0 saturated heterocycles. The van der Waals surface area contributed by atoms with E-state index in [0.717, 1.165) is 13.2 Å². The Balaban J connectivity index is 2.31. The van der Waals surface area contributed by atoms with Crippen LogP contribution in [0.4, 0.5) is 30.7 Å². The predicted molar refractivity (Wildman–Crippen MR) is 127 cm³/mol. The van der Waals surface area contributed by atoms with Crippen LogP contribution in [-0.2, 0) is 15.7 Å². The van der Waals surface area contributed by atoms with Gasteiger partial charge in [-0.3, -0.25) is 4.79 Å². The first-order valence-corrected chi connectivity index (χ1v) is 11.8. The van der Waals surface area contributed by atoms with Gasteiger partial charge in [0.25, 0.3) is 0 Å². The van der Waals surface area contributed by atoms with Crippen LogP contribution in [0.25, 0.3) is 5.57 Å². The molecule has 0 fully saturated rings. The Kier molecular flexibility index (Phi) is 8.55. The minimum Gasteiger partial charge on any atom is -0.469 e. The van der Waals surface area contributed by atoms with Gasteiger partial charge in [-0.15, -0.1) is 0 Å². The zero-order chi connectivity index (χ0) is 28.5. The average molecular weight is 565 g/mol. The zero-order valence-corrected chi connectivity index (χ0v) is 21.3. The number of methoxy groups -OCH3 is 1. The van der Waals surface area contributed by atoms with E-state index in [1.807, 2.05) is 0 Å². The molecule has 3 nitrogen and oxygen atoms in total. The van der Waals surface area contributed by atoms with Gasteiger partial charge in [0, 0.05) is 6.07 Å². The van der Waals surface area contributed by atoms with E-state index in [2.05, 4.69) is 0 Å². The van der Waals surface area contributed by atoms with Crippen LogP contribution in [0.3, 0.4) is 0 Å². The minimum absolute atomic E-state index is 0.0624. The molecule has 0 heterocycles. The summed E-state index contributed by atoms with van der Waals surface area (Å²) < 4.78 is 109. The average Bonchev–Trinajstić information content (AvgIpc) is 2.82. The number of rotatable bonds is 7. The maximum Gasteiger partial charge on any atom is 0.416 e. The second kappa shape index (κ2) is 11.0. The molecule has 0 bridgehead atoms. The third-order valence-corrected chi connectivity index (χ3v) is 6.77. The van der Waals surface area contributed by atoms with Crippen LogP contribution in [0.15, 0.2) is 65.4 Å². The Morgan fingerprint density at radius 2 is 1.68 bits per heavy atom. The lowest BCUT2D eigenvalue weighted by atomic mass is 9.64. The number of allylic oxidation sites excluding steroid dienone is 3. The highest BCUT2D eigenvalue weighted by molar-refractivity contribution is 6.31. The van der Waals surface area contributed by atoms with E-state index in [-0.39, 0.29) is 18.1 Å². The molecule has 38 heavy (non-hydrogen) atoms. The minimum atomic E-state index is -5.13. The van der Waals surface area contributed by atoms with Crippen LogP contribution in [-0.4, -0.2) is 19.3 Å². The van der Waals surface area contributed by atoms with Gasteiger partial charge in [-0.25, -0.2) is 4.39 Å². The molecule has 2 aromatic carbocycles. The van der Waals surface area contributed by atoms with Crippen LogP contribution < -0.4 is 4.74 Å². The Bertz CT molecular complexity index is 1230. The van der Waals surface area contributed by atoms with Gasteiger partial charge in [-0.1, -0.05) is 55.8 Å². The van der Waals surface area contributed by atoms with Gasteiger partial charge >= 0.3 is 18.3 Å². The Hall–Kier alpha value is -3.01. The lowest BCUT2D eigenvalue weighted by Gasteiger charge is -2.44. The van der Waals surface area contributed by atoms with Crippen molar-refractivity contribution < 1.29 is 45.0 Å². The Morgan fingerprint density at radius 1 is 1.05 bits per heavy atom. The first-order chi connectivity index (χ1) is 17.6. The topological polar surface area (TPSA) is 35.5 Å². The van der Waals surface area contributed by atoms with Crippen LogP contribution in [0.2, 0.25) is 0 Å². The second-order valence-electron chi connectivity index (χ2n) is 9.34. The maximum absolute atomic E-state index is 15.1. The fourth-order valence-corrected chi connectivity index (χ4v) is 4.90. The van der Waals surface area contributed by atoms with E-state index in [9.17, 15) is 22.4 Å². The van der Waals surface area contributed by atoms with Crippen LogP contribution in [0.5, 0.6) is 5.75 Å². The summed E-state index contributed by atoms with van der Waals surface area (Å²) >= 11 is 6.41. The molecule has 2 unspecified atom stereocenters. The number of esters is 1. The Morgan fingerprint density at radius 3 is 2.21 bits per heavy atom. The number of hydrogen-bond acceptors (Lipinski definition) is 3. The van der Waals surface area contributed by atoms with E-state index in [1.54, 1.807) is 32.0 Å². The molecule has 1 aliphatic rings. The predicted octanol–water partition coefficient (Wildman–Crippen LogP) is 8.55. The molecule has 1 aliphatic carbocycles. The van der Waals surface area contributed by atoms with E-state index >= 15 is 13.2 Å². The van der Waals surface area contributed by atoms with Crippen molar-refractivity contribution in [3.8, 4) is 5.75 Å². The smallest absolute Gasteiger partial charge is 0.416 e. The summed E-state index contributed by atoms with van der Waals surface area (Å²) in [7, 11) is 0.955. The molecule has 0 aliphatic heterocycles. The summed E-state index contributed by atoms with van der Waals surface area (Å²) in [5.41, 5.74) is -4.04. The zero-order valence-electron chi connectivity index (χ0n) is 20.5. The van der Waals surface area contributed by atoms with Gasteiger partial charge < -0.3 is 9.47 Å². The molecular formula is C27H24ClF7O3. The highest BCUT2D eigenvalue weighted by Crippen LogP contribution is 2.60. The highest BCUT2D eigenvalue weighted by atomic mass is 35.5. The maximum atomic E-state index is 15.1. The SMILES string of the molecule is COC(=O)C(CC(C)C)C1(C(F)(F)F)CC(c2ccccc2)=CC(Oc2cc(F)cc(C(F)(F)F)c2)=C1Cl. The van der Waals surface area contributed by atoms with Gasteiger partial charge in [0.1, 0.15) is 22.7 Å². The number of halogens is 8. The van der Waals surface area contributed by atoms with Crippen molar-refractivity contribution in [2.24, 2.45) is 17.3 Å². The van der Waals surface area contributed by atoms with E-state index in [1.165, 1.54) is 12.1 Å². The molecule has 0 amide bonds. The quantitative estimate of drug-likeness (QED) is 0.250. The fourth-order valence-electron chi connectivity index (χ4n) is 4.51. The molecule has 0 spiro atoms. The molecule has 3 rings (SSSR count). The molecule has 2 aromatic rings. The number of carbonyl (C=O) groups excluding carboxylic acids is 1. The summed E-state index contributed by atoms with van der Waals surface area (Å²) in [6, 6.07) is 9.15. The number of benzene rings is 2. The van der Waals surface area contributed by atoms with Crippen molar-refractivity contribution in [2.45, 2.75) is 39.0 Å². The number of hydrogen-bond donors (Lipinski definition) is 0. The van der Waals surface area contributed by atoms with Gasteiger partial charge in [0.2, 0.25) is 0 Å². The highest BCUT2D eigenvalue weighted by Gasteiger charge is 2.65. The van der Waals surface area contributed by atoms with Crippen LogP contribution >= 0.6 is 11.6 Å². The molecule has 0 radical (unpaired) electrons. The Labute approximate surface area is 219 Å². The molecule has 0 aromatic heterocycles. The summed E-state index contributed by atoms with van der Waals surface area (Å²) in [4.78, 5) is 12.8. The number of carbonyl (C=O) groups is 1. The molecule has 11 heteroatoms. The molecule has 0 saturated carbocycles. The largest absolute Gasteiger partial charge is 0.469 e. The second-order valence-corrected chi connectivity index (χ2v) is 9.72. The molecule has 206 valence electrons. The van der Waals surface area contributed by atoms with Gasteiger partial charge in [0.05, 0.1) is 23.6 Å². The number of ether oxygens (including phenoxy) is 2. The summed E-state index contributed by atoms with van der Waals surface area (Å²) in [5, 5.41) is -0.946. The van der Waals surface area contributed by atoms with E-state index in [4.69, 9.17) is 21.1 Å². The summed E-state index contributed by atoms with van der Waals surface area (Å²) in [5.74, 6) is -6.06. The molecule has 0 N–H and O–H groups in total. The monoisotopic (exact) mass is 564 g/mol. The van der Waals surface area contributed by atoms with Crippen molar-refractivity contribution in [2.75, 3.05) is 7.11 Å². The third-order valence-electron chi connectivity index (χ3n) is 6.25. The molecular weight excluding hydrogens is 541 g/mol. The van der Waals surface area contributed by atoms with Gasteiger partial charge in [-0.05, 0) is 48.1 Å². The van der Waals surface area contributed by atoms with Crippen molar-refractivity contribution >= 4 is 23.1 Å². The van der Waals surface area contributed by atoms with Crippen molar-refractivity contribution in [1.29, 1.82) is 0 Å². The van der Waals surface area contributed by atoms with E-state index < -0.39 is 69.9 Å². The third kappa shape index (κ3) is 6.00.